The van der Waals surface area contributed by atoms with Crippen LogP contribution in [0.4, 0.5) is 4.39 Å². The van der Waals surface area contributed by atoms with Gasteiger partial charge in [-0.05, 0) is 47.6 Å². The molecule has 1 heterocycles. The van der Waals surface area contributed by atoms with Crippen molar-refractivity contribution in [2.45, 2.75) is 12.5 Å². The Bertz CT molecular complexity index is 439. The Hall–Kier alpha value is -0.940. The molecule has 0 aliphatic carbocycles. The molecule has 1 fully saturated rings. The van der Waals surface area contributed by atoms with Crippen LogP contribution < -0.4 is 5.32 Å². The van der Waals surface area contributed by atoms with Gasteiger partial charge in [0.2, 0.25) is 0 Å². The average Bonchev–Trinajstić information content (AvgIpc) is 2.80. The minimum Gasteiger partial charge on any atom is -0.337 e. The zero-order chi connectivity index (χ0) is 12.4. The number of halogens is 2. The van der Waals surface area contributed by atoms with Gasteiger partial charge in [0.1, 0.15) is 5.82 Å². The Labute approximate surface area is 108 Å². The van der Waals surface area contributed by atoms with E-state index < -0.39 is 5.82 Å². The van der Waals surface area contributed by atoms with E-state index in [9.17, 15) is 9.18 Å². The molecule has 0 aromatic heterocycles. The minimum atomic E-state index is -0.403. The number of carbonyl (C=O) groups excluding carboxylic acids is 1. The summed E-state index contributed by atoms with van der Waals surface area (Å²) in [5, 5.41) is 3.15. The van der Waals surface area contributed by atoms with Gasteiger partial charge in [-0.2, -0.15) is 0 Å². The smallest absolute Gasteiger partial charge is 0.254 e. The van der Waals surface area contributed by atoms with Gasteiger partial charge in [0.05, 0.1) is 4.47 Å². The first-order chi connectivity index (χ1) is 8.11. The molecule has 0 saturated carbocycles. The minimum absolute atomic E-state index is 0.103. The molecule has 0 bridgehead atoms. The molecule has 1 N–H and O–H groups in total. The van der Waals surface area contributed by atoms with Crippen molar-refractivity contribution in [1.82, 2.24) is 10.2 Å². The average molecular weight is 301 g/mol. The van der Waals surface area contributed by atoms with Gasteiger partial charge in [-0.1, -0.05) is 0 Å². The molecule has 1 aromatic rings. The van der Waals surface area contributed by atoms with E-state index in [-0.39, 0.29) is 5.91 Å². The lowest BCUT2D eigenvalue weighted by molar-refractivity contribution is 0.0789. The van der Waals surface area contributed by atoms with Crippen LogP contribution in [-0.2, 0) is 0 Å². The van der Waals surface area contributed by atoms with Gasteiger partial charge < -0.3 is 10.2 Å². The van der Waals surface area contributed by atoms with Gasteiger partial charge in [0.15, 0.2) is 0 Å². The van der Waals surface area contributed by atoms with Crippen LogP contribution in [0.3, 0.4) is 0 Å². The third-order valence-corrected chi connectivity index (χ3v) is 3.69. The molecule has 17 heavy (non-hydrogen) atoms. The molecule has 1 aliphatic rings. The lowest BCUT2D eigenvalue weighted by Gasteiger charge is -2.16. The molecule has 1 atom stereocenters. The van der Waals surface area contributed by atoms with E-state index in [4.69, 9.17) is 0 Å². The largest absolute Gasteiger partial charge is 0.337 e. The standard InChI is InChI=1S/C12H14BrFN2O/c1-15-9-4-5-16(7-9)12(17)8-2-3-10(13)11(14)6-8/h2-3,6,9,15H,4-5,7H2,1H3. The number of carbonyl (C=O) groups is 1. The van der Waals surface area contributed by atoms with E-state index in [2.05, 4.69) is 21.2 Å². The fourth-order valence-electron chi connectivity index (χ4n) is 1.99. The number of rotatable bonds is 2. The number of likely N-dealkylation sites (tertiary alicyclic amines) is 1. The maximum absolute atomic E-state index is 13.3. The van der Waals surface area contributed by atoms with Gasteiger partial charge in [-0.3, -0.25) is 4.79 Å². The first-order valence-electron chi connectivity index (χ1n) is 5.53. The van der Waals surface area contributed by atoms with Gasteiger partial charge in [0, 0.05) is 24.7 Å². The van der Waals surface area contributed by atoms with Gasteiger partial charge in [0.25, 0.3) is 5.91 Å². The van der Waals surface area contributed by atoms with E-state index in [1.54, 1.807) is 17.0 Å². The Balaban J connectivity index is 2.12. The number of nitrogens with zero attached hydrogens (tertiary/aromatic N) is 1. The summed E-state index contributed by atoms with van der Waals surface area (Å²) in [5.74, 6) is -0.505. The number of hydrogen-bond donors (Lipinski definition) is 1. The predicted octanol–water partition coefficient (Wildman–Crippen LogP) is 2.02. The topological polar surface area (TPSA) is 32.3 Å². The first-order valence-corrected chi connectivity index (χ1v) is 6.32. The second-order valence-electron chi connectivity index (χ2n) is 4.15. The highest BCUT2D eigenvalue weighted by Crippen LogP contribution is 2.19. The molecule has 1 aliphatic heterocycles. The van der Waals surface area contributed by atoms with E-state index in [0.717, 1.165) is 13.0 Å². The Morgan fingerprint density at radius 2 is 2.35 bits per heavy atom. The van der Waals surface area contributed by atoms with Crippen LogP contribution in [-0.4, -0.2) is 37.0 Å². The molecule has 1 amide bonds. The van der Waals surface area contributed by atoms with Crippen molar-refractivity contribution in [3.8, 4) is 0 Å². The SMILES string of the molecule is CNC1CCN(C(=O)c2ccc(Br)c(F)c2)C1. The van der Waals surface area contributed by atoms with Crippen molar-refractivity contribution in [3.05, 3.63) is 34.1 Å². The van der Waals surface area contributed by atoms with Crippen LogP contribution in [0.2, 0.25) is 0 Å². The summed E-state index contributed by atoms with van der Waals surface area (Å²) in [6.45, 7) is 1.41. The normalized spacial score (nSPS) is 19.7. The molecule has 3 nitrogen and oxygen atoms in total. The highest BCUT2D eigenvalue weighted by atomic mass is 79.9. The quantitative estimate of drug-likeness (QED) is 0.906. The van der Waals surface area contributed by atoms with Gasteiger partial charge in [-0.15, -0.1) is 0 Å². The Morgan fingerprint density at radius 3 is 2.94 bits per heavy atom. The summed E-state index contributed by atoms with van der Waals surface area (Å²) < 4.78 is 13.7. The molecule has 1 saturated heterocycles. The molecule has 1 unspecified atom stereocenters. The number of amides is 1. The van der Waals surface area contributed by atoms with Crippen molar-refractivity contribution in [2.75, 3.05) is 20.1 Å². The number of benzene rings is 1. The van der Waals surface area contributed by atoms with E-state index in [1.807, 2.05) is 7.05 Å². The summed E-state index contributed by atoms with van der Waals surface area (Å²) in [6, 6.07) is 4.83. The van der Waals surface area contributed by atoms with Crippen LogP contribution in [0.1, 0.15) is 16.8 Å². The summed E-state index contributed by atoms with van der Waals surface area (Å²) in [6.07, 6.45) is 0.946. The van der Waals surface area contributed by atoms with Crippen LogP contribution in [0.25, 0.3) is 0 Å². The fourth-order valence-corrected chi connectivity index (χ4v) is 2.24. The van der Waals surface area contributed by atoms with Crippen molar-refractivity contribution < 1.29 is 9.18 Å². The number of nitrogens with one attached hydrogen (secondary N) is 1. The Kier molecular flexibility index (Phi) is 3.79. The zero-order valence-corrected chi connectivity index (χ0v) is 11.1. The van der Waals surface area contributed by atoms with E-state index in [0.29, 0.717) is 22.6 Å². The first kappa shape index (κ1) is 12.5. The maximum Gasteiger partial charge on any atom is 0.254 e. The number of likely N-dealkylation sites (N-methyl/N-ethyl adjacent to an activating group) is 1. The Morgan fingerprint density at radius 1 is 1.59 bits per heavy atom. The molecule has 5 heteroatoms. The highest BCUT2D eigenvalue weighted by Gasteiger charge is 2.26. The molecule has 2 rings (SSSR count). The molecule has 1 aromatic carbocycles. The van der Waals surface area contributed by atoms with Crippen molar-refractivity contribution in [1.29, 1.82) is 0 Å². The molecular weight excluding hydrogens is 287 g/mol. The monoisotopic (exact) mass is 300 g/mol. The van der Waals surface area contributed by atoms with Crippen LogP contribution in [0.15, 0.2) is 22.7 Å². The van der Waals surface area contributed by atoms with Gasteiger partial charge in [-0.25, -0.2) is 4.39 Å². The van der Waals surface area contributed by atoms with Crippen molar-refractivity contribution in [3.63, 3.8) is 0 Å². The lowest BCUT2D eigenvalue weighted by atomic mass is 10.2. The van der Waals surface area contributed by atoms with Gasteiger partial charge >= 0.3 is 0 Å². The maximum atomic E-state index is 13.3. The van der Waals surface area contributed by atoms with Crippen molar-refractivity contribution in [2.24, 2.45) is 0 Å². The van der Waals surface area contributed by atoms with Crippen LogP contribution >= 0.6 is 15.9 Å². The van der Waals surface area contributed by atoms with E-state index in [1.165, 1.54) is 6.07 Å². The van der Waals surface area contributed by atoms with Crippen LogP contribution in [0, 0.1) is 5.82 Å². The molecule has 0 radical (unpaired) electrons. The zero-order valence-electron chi connectivity index (χ0n) is 9.54. The molecule has 92 valence electrons. The molecule has 0 spiro atoms. The summed E-state index contributed by atoms with van der Waals surface area (Å²) >= 11 is 3.07. The second kappa shape index (κ2) is 5.14. The van der Waals surface area contributed by atoms with Crippen molar-refractivity contribution >= 4 is 21.8 Å². The third kappa shape index (κ3) is 2.66. The summed E-state index contributed by atoms with van der Waals surface area (Å²) in [4.78, 5) is 13.8. The number of hydrogen-bond acceptors (Lipinski definition) is 2. The third-order valence-electron chi connectivity index (χ3n) is 3.05. The predicted molar refractivity (Wildman–Crippen MR) is 67.5 cm³/mol. The highest BCUT2D eigenvalue weighted by molar-refractivity contribution is 9.10. The summed E-state index contributed by atoms with van der Waals surface area (Å²) in [7, 11) is 1.89. The van der Waals surface area contributed by atoms with Crippen LogP contribution in [0.5, 0.6) is 0 Å². The second-order valence-corrected chi connectivity index (χ2v) is 5.01. The van der Waals surface area contributed by atoms with E-state index >= 15 is 0 Å². The summed E-state index contributed by atoms with van der Waals surface area (Å²) in [5.41, 5.74) is 0.405. The lowest BCUT2D eigenvalue weighted by Crippen LogP contribution is -2.33. The molecular formula is C12H14BrFN2O. The fraction of sp³-hybridized carbons (Fsp3) is 0.417.